The van der Waals surface area contributed by atoms with E-state index in [4.69, 9.17) is 10.5 Å². The van der Waals surface area contributed by atoms with Crippen molar-refractivity contribution in [3.8, 4) is 5.75 Å². The van der Waals surface area contributed by atoms with Crippen molar-refractivity contribution in [2.45, 2.75) is 13.0 Å². The lowest BCUT2D eigenvalue weighted by atomic mass is 9.96. The molecule has 4 aromatic rings. The minimum atomic E-state index is -0.926. The maximum Gasteiger partial charge on any atom is 0.412 e. The predicted molar refractivity (Wildman–Crippen MR) is 158 cm³/mol. The highest BCUT2D eigenvalue weighted by atomic mass is 79.9. The standard InChI is InChI=1S/C29H25Br2N3O4/c1-17(13-14-26(35)33-25-11-5-4-10-23(25)32)28(21-15-19(30)16-22(31)27(21)36)38-29(37)34-24-12-6-8-18-7-2-3-9-20(18)24/h2-17,28,36H,32H2,1H3,(H,33,35)(H,34,37)/b14-13+/t17-,28-/m1/s1. The number of amides is 2. The Bertz CT molecular complexity index is 1520. The van der Waals surface area contributed by atoms with Gasteiger partial charge in [0.15, 0.2) is 0 Å². The third-order valence-corrected chi connectivity index (χ3v) is 6.93. The average Bonchev–Trinajstić information content (AvgIpc) is 2.89. The number of phenolic OH excluding ortho intramolecular Hbond substituents is 1. The fourth-order valence-electron chi connectivity index (χ4n) is 3.97. The third kappa shape index (κ3) is 6.54. The summed E-state index contributed by atoms with van der Waals surface area (Å²) >= 11 is 6.76. The number of phenols is 1. The molecule has 2 atom stereocenters. The molecule has 0 bridgehead atoms. The number of ether oxygens (including phenoxy) is 1. The lowest BCUT2D eigenvalue weighted by Gasteiger charge is -2.24. The van der Waals surface area contributed by atoms with Gasteiger partial charge in [-0.05, 0) is 57.7 Å². The lowest BCUT2D eigenvalue weighted by Crippen LogP contribution is -2.22. The number of hydrogen-bond donors (Lipinski definition) is 4. The Morgan fingerprint density at radius 3 is 2.42 bits per heavy atom. The Labute approximate surface area is 236 Å². The Balaban J connectivity index is 1.58. The number of para-hydroxylation sites is 2. The number of rotatable bonds is 7. The predicted octanol–water partition coefficient (Wildman–Crippen LogP) is 7.77. The molecule has 0 aliphatic carbocycles. The molecule has 0 saturated heterocycles. The van der Waals surface area contributed by atoms with E-state index in [0.29, 0.717) is 31.6 Å². The Hall–Kier alpha value is -3.82. The number of halogens is 2. The van der Waals surface area contributed by atoms with Gasteiger partial charge < -0.3 is 20.9 Å². The molecule has 5 N–H and O–H groups in total. The molecule has 0 saturated carbocycles. The van der Waals surface area contributed by atoms with Crippen LogP contribution in [0.4, 0.5) is 21.9 Å². The van der Waals surface area contributed by atoms with E-state index in [9.17, 15) is 14.7 Å². The molecule has 38 heavy (non-hydrogen) atoms. The van der Waals surface area contributed by atoms with Crippen LogP contribution in [-0.4, -0.2) is 17.1 Å². The van der Waals surface area contributed by atoms with Crippen molar-refractivity contribution in [1.29, 1.82) is 0 Å². The third-order valence-electron chi connectivity index (χ3n) is 5.87. The maximum atomic E-state index is 13.1. The van der Waals surface area contributed by atoms with Crippen LogP contribution >= 0.6 is 31.9 Å². The molecule has 0 spiro atoms. The molecular weight excluding hydrogens is 614 g/mol. The summed E-state index contributed by atoms with van der Waals surface area (Å²) < 4.78 is 6.96. The fraction of sp³-hybridized carbons (Fsp3) is 0.103. The van der Waals surface area contributed by atoms with Crippen LogP contribution in [0.1, 0.15) is 18.6 Å². The van der Waals surface area contributed by atoms with Gasteiger partial charge in [-0.1, -0.05) is 77.5 Å². The normalized spacial score (nSPS) is 12.7. The summed E-state index contributed by atoms with van der Waals surface area (Å²) in [4.78, 5) is 25.6. The summed E-state index contributed by atoms with van der Waals surface area (Å²) in [6.45, 7) is 1.78. The summed E-state index contributed by atoms with van der Waals surface area (Å²) in [5, 5.41) is 18.2. The molecular formula is C29H25Br2N3O4. The highest BCUT2D eigenvalue weighted by molar-refractivity contribution is 9.11. The number of nitrogens with one attached hydrogen (secondary N) is 2. The van der Waals surface area contributed by atoms with Crippen molar-refractivity contribution >= 4 is 71.7 Å². The van der Waals surface area contributed by atoms with E-state index in [1.54, 1.807) is 55.5 Å². The topological polar surface area (TPSA) is 114 Å². The highest BCUT2D eigenvalue weighted by Crippen LogP contribution is 2.40. The number of fused-ring (bicyclic) bond motifs is 1. The fourth-order valence-corrected chi connectivity index (χ4v) is 5.23. The molecule has 0 radical (unpaired) electrons. The SMILES string of the molecule is C[C@H](/C=C/C(=O)Nc1ccccc1N)[C@@H](OC(=O)Nc1cccc2ccccc12)c1cc(Br)cc(Br)c1O. The van der Waals surface area contributed by atoms with E-state index < -0.39 is 24.0 Å². The quantitative estimate of drug-likeness (QED) is 0.122. The largest absolute Gasteiger partial charge is 0.506 e. The van der Waals surface area contributed by atoms with Gasteiger partial charge in [-0.15, -0.1) is 0 Å². The van der Waals surface area contributed by atoms with Gasteiger partial charge >= 0.3 is 6.09 Å². The van der Waals surface area contributed by atoms with Crippen LogP contribution in [-0.2, 0) is 9.53 Å². The van der Waals surface area contributed by atoms with Crippen LogP contribution in [0.5, 0.6) is 5.75 Å². The van der Waals surface area contributed by atoms with E-state index in [-0.39, 0.29) is 5.75 Å². The second-order valence-electron chi connectivity index (χ2n) is 8.60. The second-order valence-corrected chi connectivity index (χ2v) is 10.4. The van der Waals surface area contributed by atoms with E-state index in [1.165, 1.54) is 6.08 Å². The molecule has 9 heteroatoms. The lowest BCUT2D eigenvalue weighted by molar-refractivity contribution is -0.111. The summed E-state index contributed by atoms with van der Waals surface area (Å²) in [6, 6.07) is 23.5. The molecule has 0 unspecified atom stereocenters. The number of hydrogen-bond acceptors (Lipinski definition) is 5. The molecule has 4 aromatic carbocycles. The number of carbonyl (C=O) groups is 2. The van der Waals surface area contributed by atoms with Gasteiger partial charge in [0.2, 0.25) is 5.91 Å². The Morgan fingerprint density at radius 1 is 0.947 bits per heavy atom. The zero-order valence-corrected chi connectivity index (χ0v) is 23.5. The van der Waals surface area contributed by atoms with Gasteiger partial charge in [0, 0.05) is 21.3 Å². The molecule has 194 valence electrons. The van der Waals surface area contributed by atoms with Gasteiger partial charge in [0.25, 0.3) is 0 Å². The first-order valence-corrected chi connectivity index (χ1v) is 13.3. The summed E-state index contributed by atoms with van der Waals surface area (Å²) in [7, 11) is 0. The van der Waals surface area contributed by atoms with Gasteiger partial charge in [0.05, 0.1) is 21.5 Å². The van der Waals surface area contributed by atoms with Crippen LogP contribution in [0.15, 0.2) is 100.0 Å². The minimum absolute atomic E-state index is 0.0714. The van der Waals surface area contributed by atoms with Crippen LogP contribution in [0, 0.1) is 5.92 Å². The number of anilines is 3. The molecule has 4 rings (SSSR count). The molecule has 0 aromatic heterocycles. The van der Waals surface area contributed by atoms with Crippen LogP contribution < -0.4 is 16.4 Å². The monoisotopic (exact) mass is 637 g/mol. The van der Waals surface area contributed by atoms with Crippen LogP contribution in [0.3, 0.4) is 0 Å². The minimum Gasteiger partial charge on any atom is -0.506 e. The van der Waals surface area contributed by atoms with E-state index in [0.717, 1.165) is 10.8 Å². The van der Waals surface area contributed by atoms with E-state index >= 15 is 0 Å². The van der Waals surface area contributed by atoms with Crippen molar-refractivity contribution < 1.29 is 19.4 Å². The highest BCUT2D eigenvalue weighted by Gasteiger charge is 2.27. The van der Waals surface area contributed by atoms with Gasteiger partial charge in [-0.2, -0.15) is 0 Å². The molecule has 7 nitrogen and oxygen atoms in total. The number of nitrogens with two attached hydrogens (primary N) is 1. The maximum absolute atomic E-state index is 13.1. The van der Waals surface area contributed by atoms with E-state index in [2.05, 4.69) is 42.5 Å². The molecule has 2 amide bonds. The van der Waals surface area contributed by atoms with Crippen LogP contribution in [0.2, 0.25) is 0 Å². The van der Waals surface area contributed by atoms with E-state index in [1.807, 2.05) is 36.4 Å². The zero-order valence-electron chi connectivity index (χ0n) is 20.3. The molecule has 0 aliphatic rings. The van der Waals surface area contributed by atoms with Crippen molar-refractivity contribution in [3.05, 3.63) is 106 Å². The summed E-state index contributed by atoms with van der Waals surface area (Å²) in [5.74, 6) is -0.967. The first-order chi connectivity index (χ1) is 18.2. The summed E-state index contributed by atoms with van der Waals surface area (Å²) in [5.41, 5.74) is 7.80. The molecule has 0 fully saturated rings. The molecule has 0 aliphatic heterocycles. The zero-order chi connectivity index (χ0) is 27.2. The first-order valence-electron chi connectivity index (χ1n) is 11.7. The van der Waals surface area contributed by atoms with Crippen LogP contribution in [0.25, 0.3) is 10.8 Å². The second kappa shape index (κ2) is 12.1. The Morgan fingerprint density at radius 2 is 1.63 bits per heavy atom. The summed E-state index contributed by atoms with van der Waals surface area (Å²) in [6.07, 6.45) is 1.33. The smallest absolute Gasteiger partial charge is 0.412 e. The number of benzene rings is 4. The van der Waals surface area contributed by atoms with Crippen molar-refractivity contribution in [2.24, 2.45) is 5.92 Å². The van der Waals surface area contributed by atoms with Crippen molar-refractivity contribution in [2.75, 3.05) is 16.4 Å². The van der Waals surface area contributed by atoms with Gasteiger partial charge in [-0.25, -0.2) is 4.79 Å². The number of aromatic hydroxyl groups is 1. The first kappa shape index (κ1) is 27.2. The van der Waals surface area contributed by atoms with Gasteiger partial charge in [0.1, 0.15) is 11.9 Å². The van der Waals surface area contributed by atoms with Crippen molar-refractivity contribution in [3.63, 3.8) is 0 Å². The number of nitrogen functional groups attached to an aromatic ring is 1. The number of carbonyl (C=O) groups excluding carboxylic acids is 2. The molecule has 0 heterocycles. The van der Waals surface area contributed by atoms with Crippen molar-refractivity contribution in [1.82, 2.24) is 0 Å². The van der Waals surface area contributed by atoms with Gasteiger partial charge in [-0.3, -0.25) is 10.1 Å². The Kier molecular flexibility index (Phi) is 8.70. The average molecular weight is 639 g/mol.